The number of carbonyl (C=O) groups excluding carboxylic acids is 1. The molecule has 170 valence electrons. The van der Waals surface area contributed by atoms with Crippen molar-refractivity contribution in [3.63, 3.8) is 0 Å². The number of ether oxygens (including phenoxy) is 1. The van der Waals surface area contributed by atoms with Crippen LogP contribution in [0.2, 0.25) is 0 Å². The van der Waals surface area contributed by atoms with Gasteiger partial charge in [-0.25, -0.2) is 4.98 Å². The van der Waals surface area contributed by atoms with Crippen molar-refractivity contribution in [3.05, 3.63) is 59.4 Å². The van der Waals surface area contributed by atoms with Crippen molar-refractivity contribution in [2.45, 2.75) is 65.3 Å². The van der Waals surface area contributed by atoms with E-state index in [1.807, 2.05) is 11.0 Å². The minimum absolute atomic E-state index is 0.179. The average molecular weight is 434 g/mol. The van der Waals surface area contributed by atoms with Gasteiger partial charge in [-0.3, -0.25) is 4.79 Å². The SMILES string of the molecule is CCCCN1C[C@@H](c2nc3ccccc3n2CCCCOc2cc(C)cc(C)c2)CC1=O. The average Bonchev–Trinajstić information content (AvgIpc) is 3.31. The van der Waals surface area contributed by atoms with Crippen LogP contribution in [-0.2, 0) is 11.3 Å². The van der Waals surface area contributed by atoms with Crippen molar-refractivity contribution in [2.75, 3.05) is 19.7 Å². The predicted octanol–water partition coefficient (Wildman–Crippen LogP) is 5.63. The van der Waals surface area contributed by atoms with Crippen molar-refractivity contribution < 1.29 is 9.53 Å². The first kappa shape index (κ1) is 22.4. The molecule has 1 aromatic heterocycles. The Morgan fingerprint density at radius 1 is 1.03 bits per heavy atom. The molecule has 32 heavy (non-hydrogen) atoms. The van der Waals surface area contributed by atoms with Crippen LogP contribution in [0.3, 0.4) is 0 Å². The van der Waals surface area contributed by atoms with Gasteiger partial charge in [0.05, 0.1) is 17.6 Å². The molecular formula is C27H35N3O2. The van der Waals surface area contributed by atoms with E-state index in [2.05, 4.69) is 61.7 Å². The molecule has 0 spiro atoms. The van der Waals surface area contributed by atoms with E-state index in [0.29, 0.717) is 13.0 Å². The van der Waals surface area contributed by atoms with Crippen molar-refractivity contribution in [1.82, 2.24) is 14.5 Å². The third kappa shape index (κ3) is 5.14. The van der Waals surface area contributed by atoms with E-state index < -0.39 is 0 Å². The molecule has 1 aliphatic rings. The molecule has 0 N–H and O–H groups in total. The summed E-state index contributed by atoms with van der Waals surface area (Å²) in [6.07, 6.45) is 4.73. The summed E-state index contributed by atoms with van der Waals surface area (Å²) in [4.78, 5) is 19.5. The normalized spacial score (nSPS) is 16.3. The first-order valence-corrected chi connectivity index (χ1v) is 12.0. The van der Waals surface area contributed by atoms with Gasteiger partial charge in [0.1, 0.15) is 11.6 Å². The topological polar surface area (TPSA) is 47.4 Å². The third-order valence-electron chi connectivity index (χ3n) is 6.29. The number of hydrogen-bond donors (Lipinski definition) is 0. The molecule has 4 rings (SSSR count). The van der Waals surface area contributed by atoms with Crippen LogP contribution in [0.4, 0.5) is 0 Å². The number of rotatable bonds is 10. The van der Waals surface area contributed by atoms with Gasteiger partial charge in [-0.2, -0.15) is 0 Å². The second kappa shape index (κ2) is 10.2. The van der Waals surface area contributed by atoms with Gasteiger partial charge < -0.3 is 14.2 Å². The molecule has 0 aliphatic carbocycles. The van der Waals surface area contributed by atoms with Gasteiger partial charge in [-0.1, -0.05) is 31.5 Å². The number of benzene rings is 2. The zero-order valence-corrected chi connectivity index (χ0v) is 19.6. The minimum Gasteiger partial charge on any atom is -0.494 e. The molecule has 0 radical (unpaired) electrons. The molecule has 5 heteroatoms. The summed E-state index contributed by atoms with van der Waals surface area (Å²) in [7, 11) is 0. The number of fused-ring (bicyclic) bond motifs is 1. The molecule has 5 nitrogen and oxygen atoms in total. The van der Waals surface area contributed by atoms with Crippen LogP contribution < -0.4 is 4.74 Å². The number of carbonyl (C=O) groups is 1. The first-order chi connectivity index (χ1) is 15.5. The number of para-hydroxylation sites is 2. The minimum atomic E-state index is 0.179. The lowest BCUT2D eigenvalue weighted by atomic mass is 10.1. The lowest BCUT2D eigenvalue weighted by Crippen LogP contribution is -2.26. The Bertz CT molecular complexity index is 1050. The highest BCUT2D eigenvalue weighted by molar-refractivity contribution is 5.80. The Balaban J connectivity index is 1.41. The van der Waals surface area contributed by atoms with Crippen LogP contribution in [0.15, 0.2) is 42.5 Å². The fourth-order valence-electron chi connectivity index (χ4n) is 4.73. The van der Waals surface area contributed by atoms with E-state index in [9.17, 15) is 4.79 Å². The molecule has 1 atom stereocenters. The van der Waals surface area contributed by atoms with E-state index >= 15 is 0 Å². The van der Waals surface area contributed by atoms with E-state index in [-0.39, 0.29) is 11.8 Å². The van der Waals surface area contributed by atoms with Gasteiger partial charge in [0.2, 0.25) is 5.91 Å². The molecule has 1 amide bonds. The smallest absolute Gasteiger partial charge is 0.223 e. The van der Waals surface area contributed by atoms with Crippen LogP contribution in [0.25, 0.3) is 11.0 Å². The summed E-state index contributed by atoms with van der Waals surface area (Å²) < 4.78 is 8.33. The summed E-state index contributed by atoms with van der Waals surface area (Å²) in [6, 6.07) is 14.7. The second-order valence-corrected chi connectivity index (χ2v) is 9.08. The fraction of sp³-hybridized carbons (Fsp3) is 0.481. The molecule has 0 unspecified atom stereocenters. The van der Waals surface area contributed by atoms with Crippen molar-refractivity contribution in [3.8, 4) is 5.75 Å². The van der Waals surface area contributed by atoms with Gasteiger partial charge >= 0.3 is 0 Å². The van der Waals surface area contributed by atoms with Crippen molar-refractivity contribution in [2.24, 2.45) is 0 Å². The van der Waals surface area contributed by atoms with E-state index in [1.54, 1.807) is 0 Å². The van der Waals surface area contributed by atoms with E-state index in [4.69, 9.17) is 9.72 Å². The van der Waals surface area contributed by atoms with Crippen molar-refractivity contribution >= 4 is 16.9 Å². The largest absolute Gasteiger partial charge is 0.494 e. The maximum atomic E-state index is 12.5. The van der Waals surface area contributed by atoms with Crippen LogP contribution in [0.1, 0.15) is 61.9 Å². The third-order valence-corrected chi connectivity index (χ3v) is 6.29. The number of unbranched alkanes of at least 4 members (excludes halogenated alkanes) is 2. The zero-order chi connectivity index (χ0) is 22.5. The molecule has 2 aromatic carbocycles. The van der Waals surface area contributed by atoms with Gasteiger partial charge in [-0.05, 0) is 68.5 Å². The Hall–Kier alpha value is -2.82. The van der Waals surface area contributed by atoms with Gasteiger partial charge in [0, 0.05) is 32.0 Å². The van der Waals surface area contributed by atoms with Crippen LogP contribution in [-0.4, -0.2) is 40.1 Å². The highest BCUT2D eigenvalue weighted by Crippen LogP contribution is 2.31. The van der Waals surface area contributed by atoms with Gasteiger partial charge in [-0.15, -0.1) is 0 Å². The number of aryl methyl sites for hydroxylation is 3. The van der Waals surface area contributed by atoms with Gasteiger partial charge in [0.15, 0.2) is 0 Å². The summed E-state index contributed by atoms with van der Waals surface area (Å²) in [5.74, 6) is 2.46. The number of nitrogens with zero attached hydrogens (tertiary/aromatic N) is 3. The number of imidazole rings is 1. The second-order valence-electron chi connectivity index (χ2n) is 9.08. The molecule has 0 bridgehead atoms. The fourth-order valence-corrected chi connectivity index (χ4v) is 4.73. The highest BCUT2D eigenvalue weighted by Gasteiger charge is 2.33. The number of hydrogen-bond acceptors (Lipinski definition) is 3. The van der Waals surface area contributed by atoms with Crippen LogP contribution >= 0.6 is 0 Å². The number of amides is 1. The molecule has 1 aliphatic heterocycles. The Kier molecular flexibility index (Phi) is 7.13. The van der Waals surface area contributed by atoms with E-state index in [0.717, 1.165) is 67.9 Å². The molecule has 3 aromatic rings. The molecule has 2 heterocycles. The monoisotopic (exact) mass is 433 g/mol. The lowest BCUT2D eigenvalue weighted by molar-refractivity contribution is -0.127. The number of likely N-dealkylation sites (tertiary alicyclic amines) is 1. The molecule has 1 fully saturated rings. The maximum absolute atomic E-state index is 12.5. The first-order valence-electron chi connectivity index (χ1n) is 12.0. The summed E-state index contributed by atoms with van der Waals surface area (Å²) in [5.41, 5.74) is 4.65. The molecule has 1 saturated heterocycles. The van der Waals surface area contributed by atoms with Crippen molar-refractivity contribution in [1.29, 1.82) is 0 Å². The predicted molar refractivity (Wildman–Crippen MR) is 129 cm³/mol. The lowest BCUT2D eigenvalue weighted by Gasteiger charge is -2.17. The van der Waals surface area contributed by atoms with Crippen LogP contribution in [0.5, 0.6) is 5.75 Å². The van der Waals surface area contributed by atoms with Crippen LogP contribution in [0, 0.1) is 13.8 Å². The number of aromatic nitrogens is 2. The summed E-state index contributed by atoms with van der Waals surface area (Å²) in [5, 5.41) is 0. The summed E-state index contributed by atoms with van der Waals surface area (Å²) >= 11 is 0. The summed E-state index contributed by atoms with van der Waals surface area (Å²) in [6.45, 7) is 9.62. The highest BCUT2D eigenvalue weighted by atomic mass is 16.5. The standard InChI is InChI=1S/C27H35N3O2/c1-4-5-12-29-19-22(18-26(29)31)27-28-24-10-6-7-11-25(24)30(27)13-8-9-14-32-23-16-20(2)15-21(3)17-23/h6-7,10-11,15-17,22H,4-5,8-9,12-14,18-19H2,1-3H3/t22-/m0/s1. The maximum Gasteiger partial charge on any atom is 0.223 e. The molecule has 0 saturated carbocycles. The Morgan fingerprint density at radius 2 is 1.81 bits per heavy atom. The quantitative estimate of drug-likeness (QED) is 0.389. The molecular weight excluding hydrogens is 398 g/mol. The Labute approximate surface area is 191 Å². The van der Waals surface area contributed by atoms with E-state index in [1.165, 1.54) is 11.1 Å². The van der Waals surface area contributed by atoms with Gasteiger partial charge in [0.25, 0.3) is 0 Å². The Morgan fingerprint density at radius 3 is 2.59 bits per heavy atom. The zero-order valence-electron chi connectivity index (χ0n) is 19.6.